The van der Waals surface area contributed by atoms with Crippen LogP contribution in [-0.4, -0.2) is 24.6 Å². The van der Waals surface area contributed by atoms with E-state index >= 15 is 0 Å². The Kier molecular flexibility index (Phi) is 4.10. The molecular weight excluding hydrogens is 312 g/mol. The van der Waals surface area contributed by atoms with Crippen molar-refractivity contribution < 1.29 is 14.3 Å². The molecule has 1 aliphatic heterocycles. The molecule has 1 aromatic carbocycles. The van der Waals surface area contributed by atoms with Crippen LogP contribution in [0.25, 0.3) is 0 Å². The van der Waals surface area contributed by atoms with Gasteiger partial charge < -0.3 is 9.47 Å². The second-order valence-electron chi connectivity index (χ2n) is 4.49. The summed E-state index contributed by atoms with van der Waals surface area (Å²) in [6.07, 6.45) is 0.780. The number of thiazole rings is 1. The average molecular weight is 325 g/mol. The molecule has 0 saturated carbocycles. The van der Waals surface area contributed by atoms with E-state index in [9.17, 15) is 4.79 Å². The van der Waals surface area contributed by atoms with Crippen molar-refractivity contribution in [1.82, 2.24) is 4.98 Å². The molecule has 2 heterocycles. The average Bonchev–Trinajstić information content (AvgIpc) is 2.89. The molecule has 0 bridgehead atoms. The highest BCUT2D eigenvalue weighted by atomic mass is 35.5. The third-order valence-electron chi connectivity index (χ3n) is 3.12. The van der Waals surface area contributed by atoms with Gasteiger partial charge in [-0.1, -0.05) is 22.9 Å². The van der Waals surface area contributed by atoms with E-state index in [-0.39, 0.29) is 5.91 Å². The minimum Gasteiger partial charge on any atom is -0.496 e. The van der Waals surface area contributed by atoms with Gasteiger partial charge in [-0.2, -0.15) is 0 Å². The topological polar surface area (TPSA) is 60.5 Å². The summed E-state index contributed by atoms with van der Waals surface area (Å²) in [6, 6.07) is 4.92. The molecule has 3 rings (SSSR count). The van der Waals surface area contributed by atoms with Crippen molar-refractivity contribution in [2.75, 3.05) is 19.0 Å². The highest BCUT2D eigenvalue weighted by Gasteiger charge is 2.19. The zero-order chi connectivity index (χ0) is 14.8. The summed E-state index contributed by atoms with van der Waals surface area (Å²) in [4.78, 5) is 17.8. The van der Waals surface area contributed by atoms with Gasteiger partial charge in [0.1, 0.15) is 5.75 Å². The number of carbonyl (C=O) groups is 1. The molecule has 21 heavy (non-hydrogen) atoms. The second-order valence-corrected chi connectivity index (χ2v) is 6.01. The van der Waals surface area contributed by atoms with Crippen LogP contribution in [-0.2, 0) is 17.8 Å². The maximum atomic E-state index is 12.3. The highest BCUT2D eigenvalue weighted by molar-refractivity contribution is 7.15. The van der Waals surface area contributed by atoms with E-state index in [0.29, 0.717) is 34.7 Å². The van der Waals surface area contributed by atoms with Crippen molar-refractivity contribution in [2.24, 2.45) is 0 Å². The number of benzene rings is 1. The quantitative estimate of drug-likeness (QED) is 0.942. The van der Waals surface area contributed by atoms with Gasteiger partial charge in [-0.3, -0.25) is 10.1 Å². The lowest BCUT2D eigenvalue weighted by molar-refractivity contribution is 0.102. The molecule has 1 N–H and O–H groups in total. The third kappa shape index (κ3) is 3.02. The van der Waals surface area contributed by atoms with E-state index in [4.69, 9.17) is 21.1 Å². The summed E-state index contributed by atoms with van der Waals surface area (Å²) in [5, 5.41) is 3.84. The van der Waals surface area contributed by atoms with Gasteiger partial charge in [0.05, 0.1) is 36.5 Å². The van der Waals surface area contributed by atoms with Crippen molar-refractivity contribution >= 4 is 34.0 Å². The fraction of sp³-hybridized carbons (Fsp3) is 0.286. The first kappa shape index (κ1) is 14.3. The van der Waals surface area contributed by atoms with Gasteiger partial charge in [0.25, 0.3) is 5.91 Å². The molecule has 0 atom stereocenters. The predicted octanol–water partition coefficient (Wildman–Crippen LogP) is 3.13. The van der Waals surface area contributed by atoms with Crippen LogP contribution in [0.3, 0.4) is 0 Å². The number of nitrogens with zero attached hydrogens (tertiary/aromatic N) is 1. The Morgan fingerprint density at radius 2 is 2.38 bits per heavy atom. The van der Waals surface area contributed by atoms with Crippen LogP contribution in [0.5, 0.6) is 5.75 Å². The first-order chi connectivity index (χ1) is 10.2. The SMILES string of the molecule is COc1ccc(Cl)cc1C(=O)Nc1nc2c(s1)COCC2. The second kappa shape index (κ2) is 6.01. The number of rotatable bonds is 3. The lowest BCUT2D eigenvalue weighted by Gasteiger charge is -2.08. The molecule has 1 aromatic heterocycles. The summed E-state index contributed by atoms with van der Waals surface area (Å²) in [6.45, 7) is 1.23. The fourth-order valence-corrected chi connectivity index (χ4v) is 3.21. The number of nitrogens with one attached hydrogen (secondary N) is 1. The Labute approximate surface area is 130 Å². The molecule has 0 unspecified atom stereocenters. The van der Waals surface area contributed by atoms with Crippen LogP contribution in [0.1, 0.15) is 20.9 Å². The highest BCUT2D eigenvalue weighted by Crippen LogP contribution is 2.29. The number of halogens is 1. The van der Waals surface area contributed by atoms with Gasteiger partial charge in [-0.15, -0.1) is 0 Å². The molecule has 0 saturated heterocycles. The zero-order valence-corrected chi connectivity index (χ0v) is 12.9. The molecule has 0 aliphatic carbocycles. The normalized spacial score (nSPS) is 13.6. The maximum absolute atomic E-state index is 12.3. The monoisotopic (exact) mass is 324 g/mol. The number of fused-ring (bicyclic) bond motifs is 1. The fourth-order valence-electron chi connectivity index (χ4n) is 2.10. The molecule has 0 radical (unpaired) electrons. The number of carbonyl (C=O) groups excluding carboxylic acids is 1. The van der Waals surface area contributed by atoms with Crippen LogP contribution in [0.2, 0.25) is 5.02 Å². The lowest BCUT2D eigenvalue weighted by atomic mass is 10.2. The molecular formula is C14H13ClN2O3S. The van der Waals surface area contributed by atoms with E-state index in [1.807, 2.05) is 0 Å². The number of amides is 1. The molecule has 0 spiro atoms. The molecule has 1 amide bonds. The van der Waals surface area contributed by atoms with Crippen LogP contribution < -0.4 is 10.1 Å². The standard InChI is InChI=1S/C14H13ClN2O3S/c1-19-11-3-2-8(15)6-9(11)13(18)17-14-16-10-4-5-20-7-12(10)21-14/h2-3,6H,4-5,7H2,1H3,(H,16,17,18). The lowest BCUT2D eigenvalue weighted by Crippen LogP contribution is -2.13. The van der Waals surface area contributed by atoms with Gasteiger partial charge in [0, 0.05) is 11.4 Å². The first-order valence-corrected chi connectivity index (χ1v) is 7.58. The first-order valence-electron chi connectivity index (χ1n) is 6.38. The zero-order valence-electron chi connectivity index (χ0n) is 11.3. The van der Waals surface area contributed by atoms with Crippen LogP contribution in [0, 0.1) is 0 Å². The van der Waals surface area contributed by atoms with Crippen molar-refractivity contribution in [3.8, 4) is 5.75 Å². The van der Waals surface area contributed by atoms with Gasteiger partial charge in [0.2, 0.25) is 0 Å². The molecule has 0 fully saturated rings. The largest absolute Gasteiger partial charge is 0.496 e. The minimum atomic E-state index is -0.290. The van der Waals surface area contributed by atoms with Crippen molar-refractivity contribution in [3.63, 3.8) is 0 Å². The Morgan fingerprint density at radius 1 is 1.52 bits per heavy atom. The van der Waals surface area contributed by atoms with Crippen LogP contribution in [0.15, 0.2) is 18.2 Å². The van der Waals surface area contributed by atoms with E-state index < -0.39 is 0 Å². The molecule has 5 nitrogen and oxygen atoms in total. The maximum Gasteiger partial charge on any atom is 0.261 e. The summed E-state index contributed by atoms with van der Waals surface area (Å²) >= 11 is 7.37. The van der Waals surface area contributed by atoms with Crippen molar-refractivity contribution in [3.05, 3.63) is 39.4 Å². The van der Waals surface area contributed by atoms with Gasteiger partial charge in [-0.25, -0.2) is 4.98 Å². The Morgan fingerprint density at radius 3 is 3.14 bits per heavy atom. The number of hydrogen-bond donors (Lipinski definition) is 1. The Hall–Kier alpha value is -1.63. The Bertz CT molecular complexity index is 663. The third-order valence-corrected chi connectivity index (χ3v) is 4.34. The number of ether oxygens (including phenoxy) is 2. The predicted molar refractivity (Wildman–Crippen MR) is 81.4 cm³/mol. The van der Waals surface area contributed by atoms with E-state index in [2.05, 4.69) is 10.3 Å². The Balaban J connectivity index is 1.83. The smallest absolute Gasteiger partial charge is 0.261 e. The molecule has 7 heteroatoms. The van der Waals surface area contributed by atoms with Crippen LogP contribution in [0.4, 0.5) is 5.13 Å². The number of aromatic nitrogens is 1. The van der Waals surface area contributed by atoms with E-state index in [0.717, 1.165) is 17.0 Å². The number of hydrogen-bond acceptors (Lipinski definition) is 5. The van der Waals surface area contributed by atoms with Crippen molar-refractivity contribution in [1.29, 1.82) is 0 Å². The summed E-state index contributed by atoms with van der Waals surface area (Å²) in [5.74, 6) is 0.183. The minimum absolute atomic E-state index is 0.290. The van der Waals surface area contributed by atoms with E-state index in [1.54, 1.807) is 18.2 Å². The summed E-state index contributed by atoms with van der Waals surface area (Å²) in [7, 11) is 1.51. The number of methoxy groups -OCH3 is 1. The van der Waals surface area contributed by atoms with Gasteiger partial charge >= 0.3 is 0 Å². The van der Waals surface area contributed by atoms with Crippen molar-refractivity contribution in [2.45, 2.75) is 13.0 Å². The van der Waals surface area contributed by atoms with Crippen LogP contribution >= 0.6 is 22.9 Å². The van der Waals surface area contributed by atoms with Gasteiger partial charge in [-0.05, 0) is 18.2 Å². The number of anilines is 1. The summed E-state index contributed by atoms with van der Waals surface area (Å²) in [5.41, 5.74) is 1.38. The van der Waals surface area contributed by atoms with E-state index in [1.165, 1.54) is 18.4 Å². The molecule has 1 aliphatic rings. The van der Waals surface area contributed by atoms with Gasteiger partial charge in [0.15, 0.2) is 5.13 Å². The molecule has 110 valence electrons. The summed E-state index contributed by atoms with van der Waals surface area (Å²) < 4.78 is 10.6. The molecule has 2 aromatic rings.